The summed E-state index contributed by atoms with van der Waals surface area (Å²) < 4.78 is 27.6. The number of hydrogen-bond donors (Lipinski definition) is 0. The van der Waals surface area contributed by atoms with Crippen molar-refractivity contribution < 1.29 is 13.2 Å². The predicted octanol–water partition coefficient (Wildman–Crippen LogP) is 3.62. The van der Waals surface area contributed by atoms with Crippen molar-refractivity contribution in [1.82, 2.24) is 9.21 Å². The quantitative estimate of drug-likeness (QED) is 0.750. The number of carbonyl (C=O) groups excluding carboxylic acids is 1. The van der Waals surface area contributed by atoms with E-state index in [9.17, 15) is 13.2 Å². The first-order valence-corrected chi connectivity index (χ1v) is 12.1. The van der Waals surface area contributed by atoms with E-state index < -0.39 is 10.0 Å². The molecule has 2 unspecified atom stereocenters. The van der Waals surface area contributed by atoms with E-state index in [4.69, 9.17) is 0 Å². The van der Waals surface area contributed by atoms with E-state index in [1.807, 2.05) is 35.2 Å². The molecule has 5 nitrogen and oxygen atoms in total. The zero-order valence-electron chi connectivity index (χ0n) is 17.9. The first kappa shape index (κ1) is 21.1. The zero-order chi connectivity index (χ0) is 21.5. The molecule has 0 spiro atoms. The monoisotopic (exact) mass is 426 g/mol. The Balaban J connectivity index is 1.36. The Morgan fingerprint density at radius 1 is 0.900 bits per heavy atom. The van der Waals surface area contributed by atoms with Crippen LogP contribution < -0.4 is 0 Å². The van der Waals surface area contributed by atoms with E-state index in [0.29, 0.717) is 37.0 Å². The maximum atomic E-state index is 13.0. The predicted molar refractivity (Wildman–Crippen MR) is 118 cm³/mol. The third kappa shape index (κ3) is 4.16. The second kappa shape index (κ2) is 7.82. The van der Waals surface area contributed by atoms with Crippen molar-refractivity contribution in [2.75, 3.05) is 26.2 Å². The molecule has 1 heterocycles. The van der Waals surface area contributed by atoms with E-state index in [0.717, 1.165) is 12.0 Å². The van der Waals surface area contributed by atoms with E-state index in [2.05, 4.69) is 32.9 Å². The highest BCUT2D eigenvalue weighted by molar-refractivity contribution is 7.89. The summed E-state index contributed by atoms with van der Waals surface area (Å²) in [5, 5.41) is 0. The van der Waals surface area contributed by atoms with Crippen molar-refractivity contribution >= 4 is 15.9 Å². The number of amides is 1. The van der Waals surface area contributed by atoms with Crippen LogP contribution in [-0.4, -0.2) is 49.7 Å². The number of carbonyl (C=O) groups is 1. The Labute approximate surface area is 179 Å². The van der Waals surface area contributed by atoms with Crippen LogP contribution in [-0.2, 0) is 20.2 Å². The highest BCUT2D eigenvalue weighted by atomic mass is 32.2. The van der Waals surface area contributed by atoms with Gasteiger partial charge < -0.3 is 4.90 Å². The number of sulfonamides is 1. The fraction of sp³-hybridized carbons (Fsp3) is 0.458. The molecule has 6 heteroatoms. The maximum absolute atomic E-state index is 13.0. The molecule has 1 saturated carbocycles. The third-order valence-corrected chi connectivity index (χ3v) is 8.16. The lowest BCUT2D eigenvalue weighted by atomic mass is 9.87. The minimum absolute atomic E-state index is 0.0191. The molecule has 2 atom stereocenters. The van der Waals surface area contributed by atoms with Crippen LogP contribution in [0.2, 0.25) is 0 Å². The van der Waals surface area contributed by atoms with E-state index >= 15 is 0 Å². The number of piperazine rings is 1. The number of hydrogen-bond acceptors (Lipinski definition) is 3. The Kier molecular flexibility index (Phi) is 5.49. The molecule has 2 fully saturated rings. The summed E-state index contributed by atoms with van der Waals surface area (Å²) in [7, 11) is -3.54. The maximum Gasteiger partial charge on any atom is 0.243 e. The third-order valence-electron chi connectivity index (χ3n) is 6.24. The second-order valence-corrected chi connectivity index (χ2v) is 11.3. The smallest absolute Gasteiger partial charge is 0.243 e. The Morgan fingerprint density at radius 2 is 1.50 bits per heavy atom. The summed E-state index contributed by atoms with van der Waals surface area (Å²) in [4.78, 5) is 15.0. The van der Waals surface area contributed by atoms with E-state index in [1.54, 1.807) is 12.1 Å². The van der Waals surface area contributed by atoms with Gasteiger partial charge in [0.05, 0.1) is 4.90 Å². The van der Waals surface area contributed by atoms with Gasteiger partial charge in [0.25, 0.3) is 0 Å². The largest absolute Gasteiger partial charge is 0.340 e. The fourth-order valence-corrected chi connectivity index (χ4v) is 5.62. The van der Waals surface area contributed by atoms with Gasteiger partial charge in [0.15, 0.2) is 0 Å². The summed E-state index contributed by atoms with van der Waals surface area (Å²) >= 11 is 0. The van der Waals surface area contributed by atoms with Gasteiger partial charge in [0.1, 0.15) is 0 Å². The van der Waals surface area contributed by atoms with Crippen LogP contribution in [0, 0.1) is 5.92 Å². The van der Waals surface area contributed by atoms with Crippen molar-refractivity contribution in [3.05, 3.63) is 65.7 Å². The van der Waals surface area contributed by atoms with Crippen molar-refractivity contribution in [2.24, 2.45) is 5.92 Å². The van der Waals surface area contributed by atoms with Crippen molar-refractivity contribution in [3.8, 4) is 0 Å². The molecular weight excluding hydrogens is 396 g/mol. The van der Waals surface area contributed by atoms with Gasteiger partial charge in [0.2, 0.25) is 15.9 Å². The molecule has 1 aliphatic carbocycles. The van der Waals surface area contributed by atoms with Crippen LogP contribution in [0.25, 0.3) is 0 Å². The van der Waals surface area contributed by atoms with Crippen LogP contribution in [0.1, 0.15) is 44.2 Å². The van der Waals surface area contributed by atoms with E-state index in [-0.39, 0.29) is 17.2 Å². The second-order valence-electron chi connectivity index (χ2n) is 9.36. The van der Waals surface area contributed by atoms with Gasteiger partial charge in [-0.1, -0.05) is 63.2 Å². The van der Waals surface area contributed by atoms with Crippen molar-refractivity contribution in [1.29, 1.82) is 0 Å². The standard InChI is InChI=1S/C24H30N2O3S/c1-24(2,3)19-9-11-20(12-10-19)30(28,29)26-15-13-25(14-16-26)23(27)22-17-21(22)18-7-5-4-6-8-18/h4-12,21-22H,13-17H2,1-3H3. The highest BCUT2D eigenvalue weighted by Gasteiger charge is 2.46. The van der Waals surface area contributed by atoms with Crippen molar-refractivity contribution in [3.63, 3.8) is 0 Å². The SMILES string of the molecule is CC(C)(C)c1ccc(S(=O)(=O)N2CCN(C(=O)C3CC3c3ccccc3)CC2)cc1. The summed E-state index contributed by atoms with van der Waals surface area (Å²) in [5.41, 5.74) is 2.30. The van der Waals surface area contributed by atoms with Gasteiger partial charge >= 0.3 is 0 Å². The molecule has 160 valence electrons. The fourth-order valence-electron chi connectivity index (χ4n) is 4.20. The molecule has 2 aromatic carbocycles. The lowest BCUT2D eigenvalue weighted by Crippen LogP contribution is -2.51. The van der Waals surface area contributed by atoms with Gasteiger partial charge in [0, 0.05) is 32.1 Å². The molecule has 1 aliphatic heterocycles. The Hall–Kier alpha value is -2.18. The van der Waals surface area contributed by atoms with Crippen molar-refractivity contribution in [2.45, 2.75) is 43.4 Å². The molecule has 2 aromatic rings. The zero-order valence-corrected chi connectivity index (χ0v) is 18.7. The summed E-state index contributed by atoms with van der Waals surface area (Å²) in [6.45, 7) is 7.92. The molecular formula is C24H30N2O3S. The summed E-state index contributed by atoms with van der Waals surface area (Å²) in [6, 6.07) is 17.3. The van der Waals surface area contributed by atoms with E-state index in [1.165, 1.54) is 9.87 Å². The van der Waals surface area contributed by atoms with Gasteiger partial charge in [-0.3, -0.25) is 4.79 Å². The molecule has 0 radical (unpaired) electrons. The van der Waals surface area contributed by atoms with Crippen LogP contribution >= 0.6 is 0 Å². The Bertz CT molecular complexity index is 1000. The highest BCUT2D eigenvalue weighted by Crippen LogP contribution is 2.48. The summed E-state index contributed by atoms with van der Waals surface area (Å²) in [6.07, 6.45) is 0.890. The summed E-state index contributed by atoms with van der Waals surface area (Å²) in [5.74, 6) is 0.512. The van der Waals surface area contributed by atoms with Gasteiger partial charge in [-0.05, 0) is 41.0 Å². The molecule has 30 heavy (non-hydrogen) atoms. The molecule has 1 saturated heterocycles. The average Bonchev–Trinajstić information content (AvgIpc) is 3.54. The normalized spacial score (nSPS) is 22.7. The van der Waals surface area contributed by atoms with Crippen LogP contribution in [0.15, 0.2) is 59.5 Å². The number of nitrogens with zero attached hydrogens (tertiary/aromatic N) is 2. The number of rotatable bonds is 4. The minimum atomic E-state index is -3.54. The first-order valence-electron chi connectivity index (χ1n) is 10.6. The van der Waals surface area contributed by atoms with Crippen LogP contribution in [0.5, 0.6) is 0 Å². The average molecular weight is 427 g/mol. The molecule has 2 aliphatic rings. The van der Waals surface area contributed by atoms with Crippen LogP contribution in [0.3, 0.4) is 0 Å². The van der Waals surface area contributed by atoms with Gasteiger partial charge in [-0.25, -0.2) is 8.42 Å². The van der Waals surface area contributed by atoms with Gasteiger partial charge in [-0.2, -0.15) is 4.31 Å². The lowest BCUT2D eigenvalue weighted by molar-refractivity contribution is -0.133. The molecule has 4 rings (SSSR count). The molecule has 0 aromatic heterocycles. The Morgan fingerprint density at radius 3 is 2.07 bits per heavy atom. The van der Waals surface area contributed by atoms with Gasteiger partial charge in [-0.15, -0.1) is 0 Å². The molecule has 1 amide bonds. The molecule has 0 N–H and O–H groups in total. The number of benzene rings is 2. The topological polar surface area (TPSA) is 57.7 Å². The van der Waals surface area contributed by atoms with Crippen LogP contribution in [0.4, 0.5) is 0 Å². The first-order chi connectivity index (χ1) is 14.2. The molecule has 0 bridgehead atoms. The minimum Gasteiger partial charge on any atom is -0.340 e. The lowest BCUT2D eigenvalue weighted by Gasteiger charge is -2.34.